The number of para-hydroxylation sites is 1. The SMILES string of the molecule is C=C(CC(=O)OC)C1(CC/C=C/C(=O)OC)C(=O)Oc2ccccc21. The monoisotopic (exact) mass is 344 g/mol. The Hall–Kier alpha value is -2.89. The molecule has 0 amide bonds. The van der Waals surface area contributed by atoms with Gasteiger partial charge in [-0.2, -0.15) is 0 Å². The molecule has 132 valence electrons. The Morgan fingerprint density at radius 2 is 1.96 bits per heavy atom. The van der Waals surface area contributed by atoms with Crippen LogP contribution in [-0.2, 0) is 29.3 Å². The third-order valence-electron chi connectivity index (χ3n) is 4.23. The van der Waals surface area contributed by atoms with Gasteiger partial charge in [0.05, 0.1) is 20.6 Å². The molecule has 6 nitrogen and oxygen atoms in total. The highest BCUT2D eigenvalue weighted by Gasteiger charge is 2.50. The first-order valence-electron chi connectivity index (χ1n) is 7.77. The van der Waals surface area contributed by atoms with Crippen LogP contribution in [0.5, 0.6) is 5.75 Å². The standard InChI is InChI=1S/C19H20O6/c1-13(12-17(21)24-3)19(11-7-6-10-16(20)23-2)14-8-4-5-9-15(14)25-18(19)22/h4-6,8-10H,1,7,11-12H2,2-3H3/b10-6+. The van der Waals surface area contributed by atoms with Gasteiger partial charge in [-0.25, -0.2) is 4.79 Å². The molecule has 1 aromatic rings. The minimum absolute atomic E-state index is 0.0966. The van der Waals surface area contributed by atoms with E-state index in [4.69, 9.17) is 9.47 Å². The molecule has 1 aliphatic heterocycles. The summed E-state index contributed by atoms with van der Waals surface area (Å²) in [5, 5.41) is 0. The predicted octanol–water partition coefficient (Wildman–Crippen LogP) is 2.47. The number of benzene rings is 1. The van der Waals surface area contributed by atoms with Crippen LogP contribution in [0.15, 0.2) is 48.6 Å². The Balaban J connectivity index is 2.34. The van der Waals surface area contributed by atoms with E-state index in [0.717, 1.165) is 0 Å². The molecular formula is C19H20O6. The second-order valence-electron chi connectivity index (χ2n) is 5.61. The molecular weight excluding hydrogens is 324 g/mol. The lowest BCUT2D eigenvalue weighted by atomic mass is 9.71. The van der Waals surface area contributed by atoms with E-state index in [9.17, 15) is 14.4 Å². The van der Waals surface area contributed by atoms with E-state index in [1.54, 1.807) is 30.3 Å². The zero-order chi connectivity index (χ0) is 18.4. The molecule has 0 fully saturated rings. The van der Waals surface area contributed by atoms with Gasteiger partial charge in [0, 0.05) is 11.6 Å². The Morgan fingerprint density at radius 3 is 2.64 bits per heavy atom. The van der Waals surface area contributed by atoms with Gasteiger partial charge in [-0.3, -0.25) is 9.59 Å². The summed E-state index contributed by atoms with van der Waals surface area (Å²) in [5.74, 6) is -0.979. The maximum atomic E-state index is 12.7. The van der Waals surface area contributed by atoms with Crippen LogP contribution in [0.25, 0.3) is 0 Å². The van der Waals surface area contributed by atoms with Crippen LogP contribution in [0.3, 0.4) is 0 Å². The number of hydrogen-bond acceptors (Lipinski definition) is 6. The Bertz CT molecular complexity index is 733. The van der Waals surface area contributed by atoms with Crippen LogP contribution in [0.4, 0.5) is 0 Å². The number of ether oxygens (including phenoxy) is 3. The lowest BCUT2D eigenvalue weighted by Crippen LogP contribution is -2.36. The summed E-state index contributed by atoms with van der Waals surface area (Å²) in [6.45, 7) is 3.96. The van der Waals surface area contributed by atoms with Crippen LogP contribution in [0.2, 0.25) is 0 Å². The van der Waals surface area contributed by atoms with Gasteiger partial charge < -0.3 is 14.2 Å². The highest BCUT2D eigenvalue weighted by Crippen LogP contribution is 2.48. The summed E-state index contributed by atoms with van der Waals surface area (Å²) in [5.41, 5.74) is -0.0771. The first-order valence-corrected chi connectivity index (χ1v) is 7.77. The molecule has 0 spiro atoms. The van der Waals surface area contributed by atoms with Gasteiger partial charge in [-0.15, -0.1) is 0 Å². The van der Waals surface area contributed by atoms with Crippen molar-refractivity contribution in [3.8, 4) is 5.75 Å². The van der Waals surface area contributed by atoms with Crippen molar-refractivity contribution in [2.24, 2.45) is 0 Å². The molecule has 1 unspecified atom stereocenters. The van der Waals surface area contributed by atoms with Gasteiger partial charge in [-0.1, -0.05) is 30.9 Å². The summed E-state index contributed by atoms with van der Waals surface area (Å²) in [6, 6.07) is 7.05. The molecule has 25 heavy (non-hydrogen) atoms. The van der Waals surface area contributed by atoms with Gasteiger partial charge in [0.25, 0.3) is 0 Å². The van der Waals surface area contributed by atoms with Crippen molar-refractivity contribution < 1.29 is 28.6 Å². The van der Waals surface area contributed by atoms with E-state index in [-0.39, 0.29) is 6.42 Å². The molecule has 0 N–H and O–H groups in total. The number of carbonyl (C=O) groups is 3. The molecule has 0 saturated heterocycles. The number of hydrogen-bond donors (Lipinski definition) is 0. The molecule has 0 bridgehead atoms. The van der Waals surface area contributed by atoms with E-state index in [1.807, 2.05) is 0 Å². The highest BCUT2D eigenvalue weighted by atomic mass is 16.5. The lowest BCUT2D eigenvalue weighted by molar-refractivity contribution is -0.140. The van der Waals surface area contributed by atoms with Crippen LogP contribution in [0.1, 0.15) is 24.8 Å². The van der Waals surface area contributed by atoms with Crippen molar-refractivity contribution in [1.29, 1.82) is 0 Å². The third-order valence-corrected chi connectivity index (χ3v) is 4.23. The van der Waals surface area contributed by atoms with E-state index >= 15 is 0 Å². The van der Waals surface area contributed by atoms with Crippen LogP contribution in [-0.4, -0.2) is 32.1 Å². The summed E-state index contributed by atoms with van der Waals surface area (Å²) in [6.07, 6.45) is 3.53. The minimum Gasteiger partial charge on any atom is -0.469 e. The molecule has 6 heteroatoms. The van der Waals surface area contributed by atoms with E-state index in [0.29, 0.717) is 29.7 Å². The zero-order valence-electron chi connectivity index (χ0n) is 14.2. The first-order chi connectivity index (χ1) is 12.0. The van der Waals surface area contributed by atoms with Gasteiger partial charge in [0.15, 0.2) is 0 Å². The van der Waals surface area contributed by atoms with Crippen LogP contribution in [0, 0.1) is 0 Å². The molecule has 2 rings (SSSR count). The van der Waals surface area contributed by atoms with Crippen molar-refractivity contribution >= 4 is 17.9 Å². The minimum atomic E-state index is -1.15. The van der Waals surface area contributed by atoms with Crippen molar-refractivity contribution in [2.45, 2.75) is 24.7 Å². The van der Waals surface area contributed by atoms with E-state index in [1.165, 1.54) is 20.3 Å². The third kappa shape index (κ3) is 3.63. The summed E-state index contributed by atoms with van der Waals surface area (Å²) < 4.78 is 14.6. The highest BCUT2D eigenvalue weighted by molar-refractivity contribution is 5.95. The molecule has 1 atom stereocenters. The quantitative estimate of drug-likeness (QED) is 0.327. The summed E-state index contributed by atoms with van der Waals surface area (Å²) >= 11 is 0. The Kier molecular flexibility index (Phi) is 5.75. The maximum Gasteiger partial charge on any atom is 0.330 e. The Labute approximate surface area is 146 Å². The summed E-state index contributed by atoms with van der Waals surface area (Å²) in [7, 11) is 2.57. The van der Waals surface area contributed by atoms with Crippen molar-refractivity contribution in [2.75, 3.05) is 14.2 Å². The molecule has 1 aliphatic rings. The Morgan fingerprint density at radius 1 is 1.24 bits per heavy atom. The number of rotatable bonds is 7. The lowest BCUT2D eigenvalue weighted by Gasteiger charge is -2.27. The maximum absolute atomic E-state index is 12.7. The molecule has 1 heterocycles. The predicted molar refractivity (Wildman–Crippen MR) is 89.9 cm³/mol. The molecule has 1 aromatic carbocycles. The number of methoxy groups -OCH3 is 2. The molecule has 0 saturated carbocycles. The first kappa shape index (κ1) is 18.4. The largest absolute Gasteiger partial charge is 0.469 e. The van der Waals surface area contributed by atoms with Gasteiger partial charge >= 0.3 is 17.9 Å². The zero-order valence-corrected chi connectivity index (χ0v) is 14.2. The van der Waals surface area contributed by atoms with E-state index in [2.05, 4.69) is 11.3 Å². The average Bonchev–Trinajstić information content (AvgIpc) is 2.90. The molecule has 0 aromatic heterocycles. The van der Waals surface area contributed by atoms with Crippen molar-refractivity contribution in [1.82, 2.24) is 0 Å². The second kappa shape index (κ2) is 7.79. The van der Waals surface area contributed by atoms with Crippen molar-refractivity contribution in [3.05, 3.63) is 54.1 Å². The molecule has 0 radical (unpaired) electrons. The smallest absolute Gasteiger partial charge is 0.330 e. The van der Waals surface area contributed by atoms with Crippen LogP contribution >= 0.6 is 0 Å². The number of allylic oxidation sites excluding steroid dienone is 1. The van der Waals surface area contributed by atoms with Crippen LogP contribution < -0.4 is 4.74 Å². The van der Waals surface area contributed by atoms with E-state index < -0.39 is 23.3 Å². The number of fused-ring (bicyclic) bond motifs is 1. The fourth-order valence-corrected chi connectivity index (χ4v) is 2.90. The second-order valence-corrected chi connectivity index (χ2v) is 5.61. The average molecular weight is 344 g/mol. The fourth-order valence-electron chi connectivity index (χ4n) is 2.90. The molecule has 0 aliphatic carbocycles. The van der Waals surface area contributed by atoms with Gasteiger partial charge in [-0.05, 0) is 24.5 Å². The topological polar surface area (TPSA) is 78.9 Å². The summed E-state index contributed by atoms with van der Waals surface area (Å²) in [4.78, 5) is 35.6. The number of carbonyl (C=O) groups excluding carboxylic acids is 3. The fraction of sp³-hybridized carbons (Fsp3) is 0.316. The van der Waals surface area contributed by atoms with Crippen molar-refractivity contribution in [3.63, 3.8) is 0 Å². The number of esters is 3. The normalized spacial score (nSPS) is 18.6. The van der Waals surface area contributed by atoms with Gasteiger partial charge in [0.2, 0.25) is 0 Å². The van der Waals surface area contributed by atoms with Gasteiger partial charge in [0.1, 0.15) is 11.2 Å².